The van der Waals surface area contributed by atoms with E-state index in [0.717, 1.165) is 35.8 Å². The van der Waals surface area contributed by atoms with E-state index in [1.807, 2.05) is 30.0 Å². The monoisotopic (exact) mass is 297 g/mol. The number of hydrogen-bond acceptors (Lipinski definition) is 5. The quantitative estimate of drug-likeness (QED) is 0.874. The number of methoxy groups -OCH3 is 2. The number of ether oxygens (including phenoxy) is 3. The van der Waals surface area contributed by atoms with E-state index < -0.39 is 0 Å². The van der Waals surface area contributed by atoms with Crippen LogP contribution in [0, 0.1) is 0 Å². The van der Waals surface area contributed by atoms with Gasteiger partial charge in [0.05, 0.1) is 20.3 Å². The summed E-state index contributed by atoms with van der Waals surface area (Å²) in [5.74, 6) is 2.47. The van der Waals surface area contributed by atoms with Crippen molar-refractivity contribution < 1.29 is 14.2 Å². The Morgan fingerprint density at radius 3 is 2.80 bits per heavy atom. The molecular weight excluding hydrogens is 274 g/mol. The van der Waals surface area contributed by atoms with Gasteiger partial charge in [-0.05, 0) is 31.5 Å². The van der Waals surface area contributed by atoms with E-state index in [-0.39, 0.29) is 6.04 Å². The highest BCUT2D eigenvalue weighted by molar-refractivity contribution is 8.00. The molecule has 0 radical (unpaired) electrons. The van der Waals surface area contributed by atoms with Crippen LogP contribution in [-0.2, 0) is 4.74 Å². The van der Waals surface area contributed by atoms with Crippen LogP contribution in [-0.4, -0.2) is 37.9 Å². The molecule has 0 aromatic heterocycles. The zero-order valence-electron chi connectivity index (χ0n) is 12.3. The van der Waals surface area contributed by atoms with Gasteiger partial charge in [-0.1, -0.05) is 0 Å². The Morgan fingerprint density at radius 1 is 1.40 bits per heavy atom. The molecule has 2 rings (SSSR count). The molecule has 0 saturated carbocycles. The molecule has 1 aromatic carbocycles. The molecule has 1 saturated heterocycles. The molecule has 3 unspecified atom stereocenters. The summed E-state index contributed by atoms with van der Waals surface area (Å²) in [6.45, 7) is 2.98. The van der Waals surface area contributed by atoms with Gasteiger partial charge < -0.3 is 19.9 Å². The number of hydrogen-bond donors (Lipinski definition) is 1. The molecule has 0 aliphatic carbocycles. The predicted octanol–water partition coefficient (Wildman–Crippen LogP) is 2.61. The molecule has 4 nitrogen and oxygen atoms in total. The third-order valence-electron chi connectivity index (χ3n) is 3.63. The third kappa shape index (κ3) is 3.59. The van der Waals surface area contributed by atoms with Crippen molar-refractivity contribution in [2.45, 2.75) is 30.7 Å². The second-order valence-corrected chi connectivity index (χ2v) is 6.22. The van der Waals surface area contributed by atoms with Crippen LogP contribution in [0.2, 0.25) is 0 Å². The van der Waals surface area contributed by atoms with Crippen molar-refractivity contribution in [3.63, 3.8) is 0 Å². The van der Waals surface area contributed by atoms with Crippen molar-refractivity contribution >= 4 is 11.8 Å². The molecule has 1 aliphatic heterocycles. The largest absolute Gasteiger partial charge is 0.497 e. The molecule has 5 heteroatoms. The average Bonchev–Trinajstić information content (AvgIpc) is 2.89. The van der Waals surface area contributed by atoms with Crippen molar-refractivity contribution in [2.75, 3.05) is 26.6 Å². The molecule has 1 aliphatic rings. The molecule has 1 aromatic rings. The van der Waals surface area contributed by atoms with Gasteiger partial charge in [0, 0.05) is 29.2 Å². The summed E-state index contributed by atoms with van der Waals surface area (Å²) in [6, 6.07) is 5.67. The molecule has 0 bridgehead atoms. The average molecular weight is 297 g/mol. The maximum atomic E-state index is 6.32. The Bertz CT molecular complexity index is 441. The van der Waals surface area contributed by atoms with Crippen molar-refractivity contribution in [1.29, 1.82) is 0 Å². The summed E-state index contributed by atoms with van der Waals surface area (Å²) in [7, 11) is 3.32. The molecule has 20 heavy (non-hydrogen) atoms. The van der Waals surface area contributed by atoms with Crippen LogP contribution >= 0.6 is 11.8 Å². The molecular formula is C15H23NO3S. The van der Waals surface area contributed by atoms with Gasteiger partial charge in [0.1, 0.15) is 11.5 Å². The maximum Gasteiger partial charge on any atom is 0.123 e. The lowest BCUT2D eigenvalue weighted by Gasteiger charge is -2.19. The third-order valence-corrected chi connectivity index (χ3v) is 5.23. The van der Waals surface area contributed by atoms with E-state index in [2.05, 4.69) is 6.92 Å². The highest BCUT2D eigenvalue weighted by Gasteiger charge is 2.25. The number of rotatable bonds is 6. The summed E-state index contributed by atoms with van der Waals surface area (Å²) >= 11 is 1.88. The van der Waals surface area contributed by atoms with Crippen molar-refractivity contribution in [1.82, 2.24) is 0 Å². The van der Waals surface area contributed by atoms with Crippen LogP contribution < -0.4 is 15.2 Å². The van der Waals surface area contributed by atoms with Crippen LogP contribution in [0.5, 0.6) is 11.5 Å². The topological polar surface area (TPSA) is 53.7 Å². The Labute approximate surface area is 125 Å². The summed E-state index contributed by atoms with van der Waals surface area (Å²) < 4.78 is 16.2. The molecule has 0 spiro atoms. The molecule has 112 valence electrons. The molecule has 1 heterocycles. The van der Waals surface area contributed by atoms with Gasteiger partial charge in [-0.3, -0.25) is 0 Å². The van der Waals surface area contributed by atoms with E-state index in [1.165, 1.54) is 0 Å². The second-order valence-electron chi connectivity index (χ2n) is 4.95. The van der Waals surface area contributed by atoms with Crippen LogP contribution in [0.1, 0.15) is 24.9 Å². The summed E-state index contributed by atoms with van der Waals surface area (Å²) in [5.41, 5.74) is 7.31. The summed E-state index contributed by atoms with van der Waals surface area (Å²) in [5, 5.41) is 0.539. The normalized spacial score (nSPS) is 23.6. The summed E-state index contributed by atoms with van der Waals surface area (Å²) in [6.07, 6.45) is 1.42. The van der Waals surface area contributed by atoms with Gasteiger partial charge in [0.25, 0.3) is 0 Å². The van der Waals surface area contributed by atoms with E-state index >= 15 is 0 Å². The zero-order chi connectivity index (χ0) is 14.5. The minimum Gasteiger partial charge on any atom is -0.497 e. The van der Waals surface area contributed by atoms with Gasteiger partial charge in [-0.25, -0.2) is 0 Å². The van der Waals surface area contributed by atoms with E-state index in [0.29, 0.717) is 11.4 Å². The maximum absolute atomic E-state index is 6.32. The fourth-order valence-corrected chi connectivity index (χ4v) is 3.62. The minimum absolute atomic E-state index is 0.0714. The fourth-order valence-electron chi connectivity index (χ4n) is 2.38. The van der Waals surface area contributed by atoms with E-state index in [1.54, 1.807) is 14.2 Å². The summed E-state index contributed by atoms with van der Waals surface area (Å²) in [4.78, 5) is 0. The fraction of sp³-hybridized carbons (Fsp3) is 0.600. The zero-order valence-corrected chi connectivity index (χ0v) is 13.1. The van der Waals surface area contributed by atoms with E-state index in [9.17, 15) is 0 Å². The standard InChI is InChI=1S/C15H23NO3S/c1-10-15(6-7-19-10)20-9-13(16)12-8-11(17-2)4-5-14(12)18-3/h4-5,8,10,13,15H,6-7,9,16H2,1-3H3. The lowest BCUT2D eigenvalue weighted by molar-refractivity contribution is 0.127. The smallest absolute Gasteiger partial charge is 0.123 e. The predicted molar refractivity (Wildman–Crippen MR) is 82.8 cm³/mol. The molecule has 0 amide bonds. The van der Waals surface area contributed by atoms with Crippen molar-refractivity contribution in [3.05, 3.63) is 23.8 Å². The van der Waals surface area contributed by atoms with Crippen molar-refractivity contribution in [2.24, 2.45) is 5.73 Å². The van der Waals surface area contributed by atoms with Crippen LogP contribution in [0.3, 0.4) is 0 Å². The number of thioether (sulfide) groups is 1. The van der Waals surface area contributed by atoms with E-state index in [4.69, 9.17) is 19.9 Å². The van der Waals surface area contributed by atoms with Gasteiger partial charge in [0.2, 0.25) is 0 Å². The first-order valence-corrected chi connectivity index (χ1v) is 7.91. The van der Waals surface area contributed by atoms with Crippen LogP contribution in [0.4, 0.5) is 0 Å². The highest BCUT2D eigenvalue weighted by atomic mass is 32.2. The van der Waals surface area contributed by atoms with Gasteiger partial charge in [-0.2, -0.15) is 11.8 Å². The first-order valence-electron chi connectivity index (χ1n) is 6.86. The Hall–Kier alpha value is -0.910. The SMILES string of the molecule is COc1ccc(OC)c(C(N)CSC2CCOC2C)c1. The Morgan fingerprint density at radius 2 is 2.20 bits per heavy atom. The van der Waals surface area contributed by atoms with Crippen molar-refractivity contribution in [3.8, 4) is 11.5 Å². The van der Waals surface area contributed by atoms with Gasteiger partial charge in [-0.15, -0.1) is 0 Å². The first kappa shape index (κ1) is 15.5. The van der Waals surface area contributed by atoms with Gasteiger partial charge in [0.15, 0.2) is 0 Å². The molecule has 2 N–H and O–H groups in total. The lowest BCUT2D eigenvalue weighted by Crippen LogP contribution is -2.19. The van der Waals surface area contributed by atoms with Gasteiger partial charge >= 0.3 is 0 Å². The van der Waals surface area contributed by atoms with Crippen LogP contribution in [0.15, 0.2) is 18.2 Å². The minimum atomic E-state index is -0.0714. The number of nitrogens with two attached hydrogens (primary N) is 1. The Balaban J connectivity index is 2.02. The molecule has 1 fully saturated rings. The first-order chi connectivity index (χ1) is 9.65. The highest BCUT2D eigenvalue weighted by Crippen LogP contribution is 2.33. The second kappa shape index (κ2) is 7.20. The Kier molecular flexibility index (Phi) is 5.57. The lowest BCUT2D eigenvalue weighted by atomic mass is 10.1. The molecule has 3 atom stereocenters. The van der Waals surface area contributed by atoms with Crippen LogP contribution in [0.25, 0.3) is 0 Å². The number of benzene rings is 1.